The van der Waals surface area contributed by atoms with Gasteiger partial charge in [-0.25, -0.2) is 0 Å². The van der Waals surface area contributed by atoms with E-state index in [1.807, 2.05) is 30.3 Å². The number of aliphatic imine (C=N–C) groups is 1. The summed E-state index contributed by atoms with van der Waals surface area (Å²) in [5.74, 6) is 1.73. The summed E-state index contributed by atoms with van der Waals surface area (Å²) in [6.07, 6.45) is 2.17. The molecule has 1 saturated carbocycles. The van der Waals surface area contributed by atoms with Crippen molar-refractivity contribution in [2.24, 2.45) is 16.1 Å². The van der Waals surface area contributed by atoms with Gasteiger partial charge in [0, 0.05) is 27.4 Å². The molecule has 2 aromatic carbocycles. The van der Waals surface area contributed by atoms with E-state index in [-0.39, 0.29) is 28.3 Å². The van der Waals surface area contributed by atoms with Crippen LogP contribution in [0.2, 0.25) is 0 Å². The molecule has 0 aromatic heterocycles. The molecule has 2 aliphatic heterocycles. The molecular formula is C24H32N2O3. The lowest BCUT2D eigenvalue weighted by Gasteiger charge is -2.22. The molecule has 3 aliphatic rings. The SMILES string of the molecule is CC(C)(C)C1=Nc2ccc(CC(=O)C3(c4ccc5c(c4)OCO5)CC3)cc2C1N.[HH].[HH].[HH]. The van der Waals surface area contributed by atoms with Crippen molar-refractivity contribution in [1.29, 1.82) is 0 Å². The predicted molar refractivity (Wildman–Crippen MR) is 118 cm³/mol. The number of nitrogens with two attached hydrogens (primary N) is 1. The quantitative estimate of drug-likeness (QED) is 0.777. The summed E-state index contributed by atoms with van der Waals surface area (Å²) < 4.78 is 10.9. The van der Waals surface area contributed by atoms with Gasteiger partial charge in [0.05, 0.1) is 17.1 Å². The summed E-state index contributed by atoms with van der Waals surface area (Å²) in [4.78, 5) is 18.0. The van der Waals surface area contributed by atoms with Gasteiger partial charge in [0.25, 0.3) is 0 Å². The topological polar surface area (TPSA) is 73.9 Å². The molecule has 2 aromatic rings. The Kier molecular flexibility index (Phi) is 3.91. The minimum atomic E-state index is -0.394. The molecule has 29 heavy (non-hydrogen) atoms. The van der Waals surface area contributed by atoms with Crippen molar-refractivity contribution >= 4 is 17.2 Å². The maximum absolute atomic E-state index is 13.3. The second-order valence-corrected chi connectivity index (χ2v) is 9.37. The lowest BCUT2D eigenvalue weighted by molar-refractivity contribution is -0.120. The summed E-state index contributed by atoms with van der Waals surface area (Å²) in [6, 6.07) is 11.7. The van der Waals surface area contributed by atoms with Gasteiger partial charge in [-0.3, -0.25) is 9.79 Å². The molecule has 0 radical (unpaired) electrons. The number of hydrogen-bond acceptors (Lipinski definition) is 5. The van der Waals surface area contributed by atoms with Crippen molar-refractivity contribution in [3.8, 4) is 11.5 Å². The molecule has 0 bridgehead atoms. The molecule has 1 atom stereocenters. The van der Waals surface area contributed by atoms with Gasteiger partial charge in [-0.1, -0.05) is 39.0 Å². The van der Waals surface area contributed by atoms with E-state index in [9.17, 15) is 4.79 Å². The van der Waals surface area contributed by atoms with E-state index >= 15 is 0 Å². The summed E-state index contributed by atoms with van der Waals surface area (Å²) in [7, 11) is 0. The molecule has 5 rings (SSSR count). The fourth-order valence-electron chi connectivity index (χ4n) is 4.45. The lowest BCUT2D eigenvalue weighted by Crippen LogP contribution is -2.29. The highest BCUT2D eigenvalue weighted by molar-refractivity contribution is 6.01. The smallest absolute Gasteiger partial charge is 0.231 e. The first-order chi connectivity index (χ1) is 13.8. The maximum atomic E-state index is 13.3. The monoisotopic (exact) mass is 396 g/mol. The van der Waals surface area contributed by atoms with Crippen molar-refractivity contribution in [1.82, 2.24) is 0 Å². The molecule has 2 N–H and O–H groups in total. The molecule has 0 amide bonds. The van der Waals surface area contributed by atoms with Crippen LogP contribution in [0.1, 0.15) is 60.6 Å². The second-order valence-electron chi connectivity index (χ2n) is 9.37. The third kappa shape index (κ3) is 2.96. The number of nitrogens with zero attached hydrogens (tertiary/aromatic N) is 1. The van der Waals surface area contributed by atoms with Crippen LogP contribution in [0.25, 0.3) is 0 Å². The molecule has 0 spiro atoms. The molecule has 2 heterocycles. The summed E-state index contributed by atoms with van der Waals surface area (Å²) in [6.45, 7) is 6.63. The van der Waals surface area contributed by atoms with Gasteiger partial charge in [0.1, 0.15) is 5.78 Å². The largest absolute Gasteiger partial charge is 0.454 e. The van der Waals surface area contributed by atoms with Crippen LogP contribution >= 0.6 is 0 Å². The molecule has 5 heteroatoms. The Morgan fingerprint density at radius 3 is 2.66 bits per heavy atom. The van der Waals surface area contributed by atoms with Gasteiger partial charge in [0.2, 0.25) is 6.79 Å². The maximum Gasteiger partial charge on any atom is 0.231 e. The van der Waals surface area contributed by atoms with Crippen LogP contribution in [0.4, 0.5) is 5.69 Å². The van der Waals surface area contributed by atoms with Crippen LogP contribution in [0.3, 0.4) is 0 Å². The fourth-order valence-corrected chi connectivity index (χ4v) is 4.45. The van der Waals surface area contributed by atoms with Crippen LogP contribution in [0.5, 0.6) is 11.5 Å². The van der Waals surface area contributed by atoms with Crippen LogP contribution in [0, 0.1) is 5.41 Å². The van der Waals surface area contributed by atoms with Crippen molar-refractivity contribution in [2.75, 3.05) is 6.79 Å². The summed E-state index contributed by atoms with van der Waals surface area (Å²) in [5, 5.41) is 0. The van der Waals surface area contributed by atoms with E-state index < -0.39 is 5.41 Å². The van der Waals surface area contributed by atoms with Crippen molar-refractivity contribution < 1.29 is 18.5 Å². The first-order valence-electron chi connectivity index (χ1n) is 10.2. The molecule has 156 valence electrons. The van der Waals surface area contributed by atoms with Gasteiger partial charge in [-0.05, 0) is 42.2 Å². The molecule has 5 nitrogen and oxygen atoms in total. The standard InChI is InChI=1S/C24H26N2O3.3H2/c1-23(2,3)22-21(25)16-10-14(4-6-17(16)26-22)11-20(27)24(8-9-24)15-5-7-18-19(12-15)29-13-28-18;;;/h4-7,10,12,21H,8-9,11,13,25H2,1-3H3;3*1H. The average molecular weight is 397 g/mol. The molecular weight excluding hydrogens is 364 g/mol. The number of fused-ring (bicyclic) bond motifs is 2. The molecule has 0 saturated heterocycles. The van der Waals surface area contributed by atoms with Gasteiger partial charge in [0.15, 0.2) is 11.5 Å². The normalized spacial score (nSPS) is 21.0. The minimum absolute atomic E-state index is 0. The lowest BCUT2D eigenvalue weighted by atomic mass is 9.84. The van der Waals surface area contributed by atoms with E-state index in [2.05, 4.69) is 26.8 Å². The van der Waals surface area contributed by atoms with E-state index in [4.69, 9.17) is 20.2 Å². The number of Topliss-reactive ketones (excluding diaryl/α,β-unsaturated/α-hetero) is 1. The van der Waals surface area contributed by atoms with E-state index in [0.29, 0.717) is 6.42 Å². The Balaban J connectivity index is 0.00000121. The van der Waals surface area contributed by atoms with E-state index in [1.165, 1.54) is 0 Å². The van der Waals surface area contributed by atoms with Crippen molar-refractivity contribution in [3.63, 3.8) is 0 Å². The Bertz CT molecular complexity index is 1060. The van der Waals surface area contributed by atoms with E-state index in [1.54, 1.807) is 0 Å². The number of benzene rings is 2. The number of carbonyl (C=O) groups is 1. The first-order valence-corrected chi connectivity index (χ1v) is 10.2. The Morgan fingerprint density at radius 2 is 1.93 bits per heavy atom. The van der Waals surface area contributed by atoms with Gasteiger partial charge >= 0.3 is 0 Å². The average Bonchev–Trinajstić information content (AvgIpc) is 3.24. The Hall–Kier alpha value is -2.66. The zero-order valence-corrected chi connectivity index (χ0v) is 17.1. The van der Waals surface area contributed by atoms with Crippen molar-refractivity contribution in [2.45, 2.75) is 51.5 Å². The van der Waals surface area contributed by atoms with Gasteiger partial charge < -0.3 is 15.2 Å². The van der Waals surface area contributed by atoms with Crippen LogP contribution in [0.15, 0.2) is 41.4 Å². The number of rotatable bonds is 4. The molecule has 1 unspecified atom stereocenters. The zero-order valence-electron chi connectivity index (χ0n) is 17.1. The van der Waals surface area contributed by atoms with Crippen LogP contribution in [-0.4, -0.2) is 18.3 Å². The Labute approximate surface area is 175 Å². The first kappa shape index (κ1) is 18.4. The number of carbonyl (C=O) groups excluding carboxylic acids is 1. The molecule has 1 fully saturated rings. The highest BCUT2D eigenvalue weighted by atomic mass is 16.7. The van der Waals surface area contributed by atoms with Crippen molar-refractivity contribution in [3.05, 3.63) is 53.1 Å². The zero-order chi connectivity index (χ0) is 20.4. The summed E-state index contributed by atoms with van der Waals surface area (Å²) >= 11 is 0. The number of ether oxygens (including phenoxy) is 2. The van der Waals surface area contributed by atoms with Crippen LogP contribution < -0.4 is 15.2 Å². The second kappa shape index (κ2) is 6.17. The van der Waals surface area contributed by atoms with Gasteiger partial charge in [-0.15, -0.1) is 0 Å². The fraction of sp³-hybridized carbons (Fsp3) is 0.417. The summed E-state index contributed by atoms with van der Waals surface area (Å²) in [5.41, 5.74) is 11.0. The van der Waals surface area contributed by atoms with Gasteiger partial charge in [-0.2, -0.15) is 0 Å². The Morgan fingerprint density at radius 1 is 1.17 bits per heavy atom. The third-order valence-electron chi connectivity index (χ3n) is 6.30. The number of ketones is 1. The predicted octanol–water partition coefficient (Wildman–Crippen LogP) is 5.13. The van der Waals surface area contributed by atoms with Crippen LogP contribution in [-0.2, 0) is 16.6 Å². The highest BCUT2D eigenvalue weighted by Crippen LogP contribution is 2.51. The minimum Gasteiger partial charge on any atom is -0.454 e. The third-order valence-corrected chi connectivity index (χ3v) is 6.30. The molecule has 1 aliphatic carbocycles. The van der Waals surface area contributed by atoms with E-state index in [0.717, 1.165) is 52.4 Å². The number of hydrogen-bond donors (Lipinski definition) is 1. The highest BCUT2D eigenvalue weighted by Gasteiger charge is 2.50.